The third-order valence-electron chi connectivity index (χ3n) is 3.68. The van der Waals surface area contributed by atoms with Gasteiger partial charge in [-0.05, 0) is 51.1 Å². The van der Waals surface area contributed by atoms with Gasteiger partial charge in [-0.3, -0.25) is 4.98 Å². The van der Waals surface area contributed by atoms with Gasteiger partial charge in [-0.15, -0.1) is 0 Å². The average Bonchev–Trinajstić information content (AvgIpc) is 2.94. The fourth-order valence-electron chi connectivity index (χ4n) is 2.84. The number of H-pyrrole nitrogens is 1. The molecule has 1 N–H and O–H groups in total. The number of likely N-dealkylation sites (tertiary alicyclic amines) is 1. The fourth-order valence-corrected chi connectivity index (χ4v) is 3.22. The molecule has 1 aliphatic heterocycles. The number of hydrogen-bond donors (Lipinski definition) is 1. The smallest absolute Gasteiger partial charge is 0.178 e. The highest BCUT2D eigenvalue weighted by molar-refractivity contribution is 7.71. The third-order valence-corrected chi connectivity index (χ3v) is 3.98. The Balaban J connectivity index is 1.92. The number of nitrogens with one attached hydrogen (secondary N) is 1. The van der Waals surface area contributed by atoms with Crippen molar-refractivity contribution in [2.45, 2.75) is 25.8 Å². The van der Waals surface area contributed by atoms with Gasteiger partial charge in [0.05, 0.1) is 17.2 Å². The molecule has 1 aliphatic rings. The molecular weight excluding hydrogens is 244 g/mol. The van der Waals surface area contributed by atoms with Gasteiger partial charge in [0, 0.05) is 18.8 Å². The zero-order valence-electron chi connectivity index (χ0n) is 10.6. The predicted molar refractivity (Wildman–Crippen MR) is 75.3 cm³/mol. The lowest BCUT2D eigenvalue weighted by Crippen LogP contribution is -2.27. The van der Waals surface area contributed by atoms with Gasteiger partial charge in [0.25, 0.3) is 0 Å². The van der Waals surface area contributed by atoms with E-state index in [0.717, 1.165) is 22.3 Å². The second-order valence-electron chi connectivity index (χ2n) is 5.05. The molecule has 96 valence electrons. The molecule has 5 heteroatoms. The summed E-state index contributed by atoms with van der Waals surface area (Å²) in [5, 5.41) is 0. The molecule has 0 amide bonds. The predicted octanol–water partition coefficient (Wildman–Crippen LogP) is 2.75. The molecule has 1 unspecified atom stereocenters. The molecule has 3 heterocycles. The first-order valence-corrected chi connectivity index (χ1v) is 6.93. The van der Waals surface area contributed by atoms with Crippen LogP contribution in [-0.2, 0) is 0 Å². The van der Waals surface area contributed by atoms with E-state index in [9.17, 15) is 0 Å². The van der Waals surface area contributed by atoms with Gasteiger partial charge in [-0.1, -0.05) is 0 Å². The second-order valence-corrected chi connectivity index (χ2v) is 5.44. The molecule has 2 aromatic rings. The average molecular weight is 262 g/mol. The van der Waals surface area contributed by atoms with Crippen molar-refractivity contribution in [3.8, 4) is 0 Å². The normalized spacial score (nSPS) is 18.5. The Morgan fingerprint density at radius 2 is 2.22 bits per heavy atom. The van der Waals surface area contributed by atoms with Crippen LogP contribution in [0.5, 0.6) is 0 Å². The lowest BCUT2D eigenvalue weighted by atomic mass is 10.3. The number of imidazole rings is 1. The summed E-state index contributed by atoms with van der Waals surface area (Å²) in [7, 11) is 0. The van der Waals surface area contributed by atoms with E-state index in [2.05, 4.69) is 26.4 Å². The number of nitrogens with zero attached hydrogens (tertiary/aromatic N) is 3. The summed E-state index contributed by atoms with van der Waals surface area (Å²) < 4.78 is 3.01. The summed E-state index contributed by atoms with van der Waals surface area (Å²) in [6.45, 7) is 5.76. The standard InChI is InChI=1S/C13H18N4S/c1-10(9-16-6-2-3-7-16)17-12-4-5-14-8-11(12)15-13(17)18/h4-5,8,10H,2-3,6-7,9H2,1H3,(H,15,18). The molecular formula is C13H18N4S. The van der Waals surface area contributed by atoms with E-state index in [4.69, 9.17) is 12.2 Å². The highest BCUT2D eigenvalue weighted by Gasteiger charge is 2.17. The van der Waals surface area contributed by atoms with Crippen LogP contribution in [0.25, 0.3) is 11.0 Å². The van der Waals surface area contributed by atoms with Crippen molar-refractivity contribution in [3.63, 3.8) is 0 Å². The number of hydrogen-bond acceptors (Lipinski definition) is 3. The van der Waals surface area contributed by atoms with Crippen LogP contribution < -0.4 is 0 Å². The number of fused-ring (bicyclic) bond motifs is 1. The minimum atomic E-state index is 0.395. The van der Waals surface area contributed by atoms with Crippen molar-refractivity contribution in [2.24, 2.45) is 0 Å². The lowest BCUT2D eigenvalue weighted by Gasteiger charge is -2.21. The van der Waals surface area contributed by atoms with Crippen molar-refractivity contribution in [2.75, 3.05) is 19.6 Å². The summed E-state index contributed by atoms with van der Waals surface area (Å²) in [6, 6.07) is 2.43. The molecule has 0 bridgehead atoms. The van der Waals surface area contributed by atoms with Gasteiger partial charge in [0.2, 0.25) is 0 Å². The van der Waals surface area contributed by atoms with E-state index in [0.29, 0.717) is 6.04 Å². The molecule has 4 nitrogen and oxygen atoms in total. The van der Waals surface area contributed by atoms with E-state index in [1.54, 1.807) is 0 Å². The van der Waals surface area contributed by atoms with E-state index in [-0.39, 0.29) is 0 Å². The minimum Gasteiger partial charge on any atom is -0.329 e. The molecule has 3 rings (SSSR count). The van der Waals surface area contributed by atoms with Crippen LogP contribution in [0.1, 0.15) is 25.8 Å². The molecule has 0 spiro atoms. The van der Waals surface area contributed by atoms with Crippen LogP contribution in [0.3, 0.4) is 0 Å². The SMILES string of the molecule is CC(CN1CCCC1)n1c(=S)[nH]c2cnccc21. The second kappa shape index (κ2) is 4.82. The Kier molecular flexibility index (Phi) is 3.18. The van der Waals surface area contributed by atoms with Crippen molar-refractivity contribution in [1.29, 1.82) is 0 Å². The maximum atomic E-state index is 5.43. The molecule has 0 aliphatic carbocycles. The zero-order chi connectivity index (χ0) is 12.5. The van der Waals surface area contributed by atoms with E-state index in [1.165, 1.54) is 25.9 Å². The first kappa shape index (κ1) is 11.9. The monoisotopic (exact) mass is 262 g/mol. The van der Waals surface area contributed by atoms with Crippen molar-refractivity contribution < 1.29 is 0 Å². The van der Waals surface area contributed by atoms with Crippen LogP contribution in [0, 0.1) is 4.77 Å². The molecule has 0 saturated carbocycles. The highest BCUT2D eigenvalue weighted by Crippen LogP contribution is 2.20. The Morgan fingerprint density at radius 1 is 1.44 bits per heavy atom. The van der Waals surface area contributed by atoms with Crippen LogP contribution in [0.4, 0.5) is 0 Å². The van der Waals surface area contributed by atoms with Gasteiger partial charge in [-0.2, -0.15) is 0 Å². The number of aromatic amines is 1. The van der Waals surface area contributed by atoms with Crippen LogP contribution in [0.15, 0.2) is 18.5 Å². The van der Waals surface area contributed by atoms with E-state index in [1.807, 2.05) is 18.5 Å². The molecule has 18 heavy (non-hydrogen) atoms. The number of pyridine rings is 1. The lowest BCUT2D eigenvalue weighted by molar-refractivity contribution is 0.289. The molecule has 0 radical (unpaired) electrons. The maximum absolute atomic E-state index is 5.43. The highest BCUT2D eigenvalue weighted by atomic mass is 32.1. The maximum Gasteiger partial charge on any atom is 0.178 e. The Hall–Kier alpha value is -1.20. The fraction of sp³-hybridized carbons (Fsp3) is 0.538. The molecule has 1 atom stereocenters. The van der Waals surface area contributed by atoms with E-state index < -0.39 is 0 Å². The third kappa shape index (κ3) is 2.08. The van der Waals surface area contributed by atoms with Crippen LogP contribution in [0.2, 0.25) is 0 Å². The number of rotatable bonds is 3. The van der Waals surface area contributed by atoms with Gasteiger partial charge in [0.15, 0.2) is 4.77 Å². The summed E-state index contributed by atoms with van der Waals surface area (Å²) in [5.74, 6) is 0. The summed E-state index contributed by atoms with van der Waals surface area (Å²) >= 11 is 5.43. The summed E-state index contributed by atoms with van der Waals surface area (Å²) in [4.78, 5) is 9.88. The van der Waals surface area contributed by atoms with Crippen molar-refractivity contribution >= 4 is 23.3 Å². The Morgan fingerprint density at radius 3 is 3.00 bits per heavy atom. The van der Waals surface area contributed by atoms with Crippen molar-refractivity contribution in [3.05, 3.63) is 23.2 Å². The topological polar surface area (TPSA) is 36.9 Å². The quantitative estimate of drug-likeness (QED) is 0.864. The Bertz CT molecular complexity index is 594. The van der Waals surface area contributed by atoms with Crippen LogP contribution >= 0.6 is 12.2 Å². The summed E-state index contributed by atoms with van der Waals surface area (Å²) in [5.41, 5.74) is 2.18. The minimum absolute atomic E-state index is 0.395. The van der Waals surface area contributed by atoms with Gasteiger partial charge >= 0.3 is 0 Å². The molecule has 1 saturated heterocycles. The van der Waals surface area contributed by atoms with E-state index >= 15 is 0 Å². The van der Waals surface area contributed by atoms with Gasteiger partial charge in [-0.25, -0.2) is 0 Å². The largest absolute Gasteiger partial charge is 0.329 e. The van der Waals surface area contributed by atoms with Gasteiger partial charge in [0.1, 0.15) is 0 Å². The van der Waals surface area contributed by atoms with Crippen LogP contribution in [-0.4, -0.2) is 39.1 Å². The first-order valence-electron chi connectivity index (χ1n) is 6.52. The zero-order valence-corrected chi connectivity index (χ0v) is 11.4. The summed E-state index contributed by atoms with van der Waals surface area (Å²) in [6.07, 6.45) is 6.32. The first-order chi connectivity index (χ1) is 8.75. The Labute approximate surface area is 112 Å². The number of aromatic nitrogens is 3. The molecule has 2 aromatic heterocycles. The van der Waals surface area contributed by atoms with Crippen molar-refractivity contribution in [1.82, 2.24) is 19.4 Å². The van der Waals surface area contributed by atoms with Gasteiger partial charge < -0.3 is 14.5 Å². The molecule has 0 aromatic carbocycles. The molecule has 1 fully saturated rings.